The number of nitrogens with two attached hydrogens (primary N) is 1. The molecule has 0 saturated carbocycles. The molecule has 1 aromatic rings. The molecule has 2 atom stereocenters. The molecule has 3 N–H and O–H groups in total. The lowest BCUT2D eigenvalue weighted by molar-refractivity contribution is 0.0688. The van der Waals surface area contributed by atoms with Crippen molar-refractivity contribution in [2.75, 3.05) is 19.0 Å². The molecule has 0 heterocycles. The summed E-state index contributed by atoms with van der Waals surface area (Å²) in [5.74, 6) is 0. The van der Waals surface area contributed by atoms with Gasteiger partial charge in [-0.25, -0.2) is 0 Å². The van der Waals surface area contributed by atoms with Crippen molar-refractivity contribution in [3.05, 3.63) is 29.8 Å². The molecule has 1 aromatic carbocycles. The summed E-state index contributed by atoms with van der Waals surface area (Å²) in [6.07, 6.45) is 0.0544. The summed E-state index contributed by atoms with van der Waals surface area (Å²) in [6, 6.07) is 8.28. The van der Waals surface area contributed by atoms with E-state index in [4.69, 9.17) is 10.5 Å². The fourth-order valence-electron chi connectivity index (χ4n) is 1.55. The molecular weight excluding hydrogens is 200 g/mol. The Morgan fingerprint density at radius 2 is 1.94 bits per heavy atom. The van der Waals surface area contributed by atoms with E-state index < -0.39 is 0 Å². The summed E-state index contributed by atoms with van der Waals surface area (Å²) in [5.41, 5.74) is 7.89. The first-order valence-electron chi connectivity index (χ1n) is 5.59. The number of benzene rings is 1. The van der Waals surface area contributed by atoms with Crippen LogP contribution in [-0.2, 0) is 4.74 Å². The van der Waals surface area contributed by atoms with Crippen molar-refractivity contribution < 1.29 is 4.74 Å². The van der Waals surface area contributed by atoms with Gasteiger partial charge >= 0.3 is 0 Å². The van der Waals surface area contributed by atoms with Crippen LogP contribution in [0.25, 0.3) is 0 Å². The molecule has 0 aliphatic rings. The maximum atomic E-state index is 5.82. The molecule has 16 heavy (non-hydrogen) atoms. The zero-order valence-electron chi connectivity index (χ0n) is 10.6. The second-order valence-corrected chi connectivity index (χ2v) is 4.49. The predicted molar refractivity (Wildman–Crippen MR) is 68.7 cm³/mol. The minimum absolute atomic E-state index is 0.0544. The quantitative estimate of drug-likeness (QED) is 0.802. The summed E-state index contributed by atoms with van der Waals surface area (Å²) < 4.78 is 5.36. The van der Waals surface area contributed by atoms with Crippen LogP contribution in [0.4, 0.5) is 5.69 Å². The molecule has 0 radical (unpaired) electrons. The lowest BCUT2D eigenvalue weighted by Crippen LogP contribution is -2.51. The Hall–Kier alpha value is -1.06. The molecule has 0 aromatic heterocycles. The van der Waals surface area contributed by atoms with Crippen LogP contribution in [0.5, 0.6) is 0 Å². The average molecular weight is 222 g/mol. The maximum Gasteiger partial charge on any atom is 0.0782 e. The van der Waals surface area contributed by atoms with Gasteiger partial charge in [0.25, 0.3) is 0 Å². The molecular formula is C13H22N2O. The van der Waals surface area contributed by atoms with E-state index in [0.29, 0.717) is 6.54 Å². The minimum Gasteiger partial charge on any atom is -0.379 e. The number of nitrogens with one attached hydrogen (secondary N) is 1. The van der Waals surface area contributed by atoms with Gasteiger partial charge in [-0.2, -0.15) is 0 Å². The van der Waals surface area contributed by atoms with Crippen LogP contribution in [0.3, 0.4) is 0 Å². The van der Waals surface area contributed by atoms with Gasteiger partial charge in [-0.1, -0.05) is 17.7 Å². The fourth-order valence-corrected chi connectivity index (χ4v) is 1.55. The van der Waals surface area contributed by atoms with Crippen molar-refractivity contribution >= 4 is 5.69 Å². The van der Waals surface area contributed by atoms with E-state index in [1.807, 2.05) is 6.92 Å². The van der Waals surface area contributed by atoms with Crippen LogP contribution in [0.15, 0.2) is 24.3 Å². The van der Waals surface area contributed by atoms with Crippen molar-refractivity contribution in [3.8, 4) is 0 Å². The molecule has 0 aliphatic heterocycles. The zero-order chi connectivity index (χ0) is 12.2. The lowest BCUT2D eigenvalue weighted by atomic mass is 9.95. The molecule has 0 fully saturated rings. The summed E-state index contributed by atoms with van der Waals surface area (Å²) in [7, 11) is 1.70. The van der Waals surface area contributed by atoms with E-state index in [2.05, 4.69) is 43.4 Å². The Balaban J connectivity index is 2.80. The zero-order valence-corrected chi connectivity index (χ0v) is 10.6. The molecule has 2 unspecified atom stereocenters. The number of ether oxygens (including phenoxy) is 1. The van der Waals surface area contributed by atoms with Crippen molar-refractivity contribution in [2.45, 2.75) is 32.4 Å². The third-order valence-electron chi connectivity index (χ3n) is 3.16. The summed E-state index contributed by atoms with van der Waals surface area (Å²) in [6.45, 7) is 6.69. The van der Waals surface area contributed by atoms with Gasteiger partial charge in [-0.3, -0.25) is 0 Å². The number of anilines is 1. The third-order valence-corrected chi connectivity index (χ3v) is 3.16. The first kappa shape index (κ1) is 13.0. The normalized spacial score (nSPS) is 16.6. The Labute approximate surface area is 98.0 Å². The fraction of sp³-hybridized carbons (Fsp3) is 0.538. The van der Waals surface area contributed by atoms with Gasteiger partial charge in [0.15, 0.2) is 0 Å². The van der Waals surface area contributed by atoms with Gasteiger partial charge < -0.3 is 15.8 Å². The first-order chi connectivity index (χ1) is 7.51. The standard InChI is InChI=1S/C13H22N2O/c1-10-5-7-12(8-6-10)15-13(3,9-14)11(2)16-4/h5-8,11,15H,9,14H2,1-4H3. The van der Waals surface area contributed by atoms with Gasteiger partial charge in [-0.15, -0.1) is 0 Å². The molecule has 0 saturated heterocycles. The second-order valence-electron chi connectivity index (χ2n) is 4.49. The Bertz CT molecular complexity index is 323. The molecule has 0 bridgehead atoms. The van der Waals surface area contributed by atoms with Crippen molar-refractivity contribution in [1.82, 2.24) is 0 Å². The van der Waals surface area contributed by atoms with Crippen LogP contribution >= 0.6 is 0 Å². The number of aryl methyl sites for hydroxylation is 1. The number of methoxy groups -OCH3 is 1. The Morgan fingerprint density at radius 1 is 1.38 bits per heavy atom. The van der Waals surface area contributed by atoms with Crippen molar-refractivity contribution in [1.29, 1.82) is 0 Å². The molecule has 0 spiro atoms. The minimum atomic E-state index is -0.246. The molecule has 0 aliphatic carbocycles. The number of hydrogen-bond donors (Lipinski definition) is 2. The molecule has 3 heteroatoms. The highest BCUT2D eigenvalue weighted by Gasteiger charge is 2.29. The highest BCUT2D eigenvalue weighted by molar-refractivity contribution is 5.47. The molecule has 3 nitrogen and oxygen atoms in total. The van der Waals surface area contributed by atoms with Crippen molar-refractivity contribution in [3.63, 3.8) is 0 Å². The van der Waals surface area contributed by atoms with E-state index in [0.717, 1.165) is 5.69 Å². The van der Waals surface area contributed by atoms with Gasteiger partial charge in [0, 0.05) is 19.3 Å². The van der Waals surface area contributed by atoms with Crippen LogP contribution in [-0.4, -0.2) is 25.3 Å². The number of hydrogen-bond acceptors (Lipinski definition) is 3. The van der Waals surface area contributed by atoms with E-state index in [1.54, 1.807) is 7.11 Å². The topological polar surface area (TPSA) is 47.3 Å². The highest BCUT2D eigenvalue weighted by Crippen LogP contribution is 2.19. The highest BCUT2D eigenvalue weighted by atomic mass is 16.5. The second kappa shape index (κ2) is 5.32. The monoisotopic (exact) mass is 222 g/mol. The van der Waals surface area contributed by atoms with E-state index in [9.17, 15) is 0 Å². The summed E-state index contributed by atoms with van der Waals surface area (Å²) in [5, 5.41) is 3.43. The number of rotatable bonds is 5. The van der Waals surface area contributed by atoms with Gasteiger partial charge in [-0.05, 0) is 32.9 Å². The van der Waals surface area contributed by atoms with Crippen LogP contribution < -0.4 is 11.1 Å². The van der Waals surface area contributed by atoms with Gasteiger partial charge in [0.2, 0.25) is 0 Å². The molecule has 0 amide bonds. The Morgan fingerprint density at radius 3 is 2.38 bits per heavy atom. The first-order valence-corrected chi connectivity index (χ1v) is 5.59. The molecule has 1 rings (SSSR count). The van der Waals surface area contributed by atoms with E-state index in [1.165, 1.54) is 5.56 Å². The van der Waals surface area contributed by atoms with Crippen LogP contribution in [0.1, 0.15) is 19.4 Å². The van der Waals surface area contributed by atoms with E-state index in [-0.39, 0.29) is 11.6 Å². The summed E-state index contributed by atoms with van der Waals surface area (Å²) in [4.78, 5) is 0. The molecule has 90 valence electrons. The Kier molecular flexibility index (Phi) is 4.33. The van der Waals surface area contributed by atoms with Crippen LogP contribution in [0, 0.1) is 6.92 Å². The SMILES string of the molecule is COC(C)C(C)(CN)Nc1ccc(C)cc1. The van der Waals surface area contributed by atoms with Gasteiger partial charge in [0.1, 0.15) is 0 Å². The van der Waals surface area contributed by atoms with Crippen molar-refractivity contribution in [2.24, 2.45) is 5.73 Å². The third kappa shape index (κ3) is 2.97. The smallest absolute Gasteiger partial charge is 0.0782 e. The summed E-state index contributed by atoms with van der Waals surface area (Å²) >= 11 is 0. The average Bonchev–Trinajstić information content (AvgIpc) is 2.31. The maximum absolute atomic E-state index is 5.82. The van der Waals surface area contributed by atoms with Gasteiger partial charge in [0.05, 0.1) is 11.6 Å². The van der Waals surface area contributed by atoms with Crippen LogP contribution in [0.2, 0.25) is 0 Å². The lowest BCUT2D eigenvalue weighted by Gasteiger charge is -2.35. The van der Waals surface area contributed by atoms with E-state index >= 15 is 0 Å². The predicted octanol–water partition coefficient (Wildman–Crippen LogP) is 2.16. The largest absolute Gasteiger partial charge is 0.379 e.